The number of nitrogens with one attached hydrogen (secondary N) is 2. The molecule has 2 aromatic carbocycles. The van der Waals surface area contributed by atoms with Crippen LogP contribution in [0.4, 0.5) is 10.1 Å². The van der Waals surface area contributed by atoms with Gasteiger partial charge in [0.2, 0.25) is 0 Å². The Labute approximate surface area is 193 Å². The maximum absolute atomic E-state index is 14.9. The van der Waals surface area contributed by atoms with Gasteiger partial charge in [0.15, 0.2) is 0 Å². The number of H-pyrrole nitrogens is 1. The van der Waals surface area contributed by atoms with E-state index in [-0.39, 0.29) is 5.82 Å². The monoisotopic (exact) mass is 441 g/mol. The maximum atomic E-state index is 14.9. The third-order valence-electron chi connectivity index (χ3n) is 6.38. The normalized spacial score (nSPS) is 14.5. The number of nitrogens with zero attached hydrogens (tertiary/aromatic N) is 3. The molecule has 0 spiro atoms. The van der Waals surface area contributed by atoms with Gasteiger partial charge < -0.3 is 5.32 Å². The minimum atomic E-state index is -0.158. The molecule has 0 radical (unpaired) electrons. The van der Waals surface area contributed by atoms with Crippen LogP contribution >= 0.6 is 0 Å². The highest BCUT2D eigenvalue weighted by molar-refractivity contribution is 5.95. The van der Waals surface area contributed by atoms with E-state index in [2.05, 4.69) is 44.1 Å². The van der Waals surface area contributed by atoms with Gasteiger partial charge in [-0.1, -0.05) is 19.1 Å². The van der Waals surface area contributed by atoms with Crippen LogP contribution in [-0.2, 0) is 6.54 Å². The second kappa shape index (κ2) is 9.16. The topological polar surface area (TPSA) is 56.8 Å². The largest absolute Gasteiger partial charge is 0.353 e. The van der Waals surface area contributed by atoms with Gasteiger partial charge in [0.25, 0.3) is 0 Å². The predicted octanol–water partition coefficient (Wildman–Crippen LogP) is 6.14. The van der Waals surface area contributed by atoms with Crippen molar-refractivity contribution < 1.29 is 4.39 Å². The van der Waals surface area contributed by atoms with E-state index in [0.717, 1.165) is 58.6 Å². The number of pyridine rings is 1. The molecule has 0 amide bonds. The van der Waals surface area contributed by atoms with Crippen LogP contribution in [0.15, 0.2) is 61.4 Å². The summed E-state index contributed by atoms with van der Waals surface area (Å²) in [5.41, 5.74) is 6.73. The molecule has 2 N–H and O–H groups in total. The van der Waals surface area contributed by atoms with Crippen molar-refractivity contribution in [1.82, 2.24) is 20.1 Å². The van der Waals surface area contributed by atoms with Gasteiger partial charge in [0.1, 0.15) is 11.5 Å². The number of piperidine rings is 1. The Kier molecular flexibility index (Phi) is 5.92. The quantitative estimate of drug-likeness (QED) is 0.377. The first kappa shape index (κ1) is 21.3. The van der Waals surface area contributed by atoms with Gasteiger partial charge in [0.05, 0.1) is 23.1 Å². The molecule has 1 aliphatic heterocycles. The summed E-state index contributed by atoms with van der Waals surface area (Å²) in [6.07, 6.45) is 7.20. The van der Waals surface area contributed by atoms with Crippen molar-refractivity contribution >= 4 is 22.3 Å². The zero-order valence-corrected chi connectivity index (χ0v) is 18.9. The molecule has 0 atom stereocenters. The van der Waals surface area contributed by atoms with E-state index < -0.39 is 0 Å². The fraction of sp³-hybridized carbons (Fsp3) is 0.259. The molecule has 0 aliphatic carbocycles. The molecule has 1 saturated heterocycles. The van der Waals surface area contributed by atoms with Gasteiger partial charge in [-0.25, -0.2) is 4.39 Å². The van der Waals surface area contributed by atoms with E-state index in [1.165, 1.54) is 19.3 Å². The van der Waals surface area contributed by atoms with Crippen LogP contribution in [-0.4, -0.2) is 33.2 Å². The van der Waals surface area contributed by atoms with Gasteiger partial charge >= 0.3 is 0 Å². The van der Waals surface area contributed by atoms with Crippen LogP contribution in [0.3, 0.4) is 0 Å². The molecular weight excluding hydrogens is 413 g/mol. The average Bonchev–Trinajstić information content (AvgIpc) is 3.26. The summed E-state index contributed by atoms with van der Waals surface area (Å²) in [5, 5.41) is 11.8. The van der Waals surface area contributed by atoms with Crippen LogP contribution in [0.2, 0.25) is 0 Å². The lowest BCUT2D eigenvalue weighted by molar-refractivity contribution is 0.220. The average molecular weight is 442 g/mol. The Morgan fingerprint density at radius 1 is 1.15 bits per heavy atom. The summed E-state index contributed by atoms with van der Waals surface area (Å²) in [7, 11) is 0. The number of benzene rings is 2. The van der Waals surface area contributed by atoms with Crippen molar-refractivity contribution in [2.75, 3.05) is 18.4 Å². The number of halogens is 1. The van der Waals surface area contributed by atoms with Crippen molar-refractivity contribution in [3.8, 4) is 11.1 Å². The summed E-state index contributed by atoms with van der Waals surface area (Å²) in [6, 6.07) is 13.7. The molecular formula is C27H28FN5. The van der Waals surface area contributed by atoms with Gasteiger partial charge in [-0.15, -0.1) is 0 Å². The second-order valence-corrected chi connectivity index (χ2v) is 8.76. The minimum absolute atomic E-state index is 0.158. The number of hydrogen-bond acceptors (Lipinski definition) is 4. The molecule has 3 heterocycles. The highest BCUT2D eigenvalue weighted by Gasteiger charge is 2.16. The lowest BCUT2D eigenvalue weighted by Crippen LogP contribution is -2.29. The van der Waals surface area contributed by atoms with Crippen molar-refractivity contribution in [3.05, 3.63) is 84.1 Å². The first-order chi connectivity index (χ1) is 16.1. The Morgan fingerprint density at radius 3 is 2.79 bits per heavy atom. The van der Waals surface area contributed by atoms with E-state index in [9.17, 15) is 4.39 Å². The maximum Gasteiger partial charge on any atom is 0.127 e. The third kappa shape index (κ3) is 4.52. The van der Waals surface area contributed by atoms with E-state index in [1.54, 1.807) is 18.5 Å². The van der Waals surface area contributed by atoms with E-state index in [0.29, 0.717) is 11.3 Å². The first-order valence-electron chi connectivity index (χ1n) is 11.4. The smallest absolute Gasteiger partial charge is 0.127 e. The first-order valence-corrected chi connectivity index (χ1v) is 11.4. The molecule has 0 bridgehead atoms. The fourth-order valence-electron chi connectivity index (χ4n) is 4.58. The van der Waals surface area contributed by atoms with E-state index in [4.69, 9.17) is 0 Å². The number of likely N-dealkylation sites (tertiary alicyclic amines) is 1. The van der Waals surface area contributed by atoms with Crippen molar-refractivity contribution in [3.63, 3.8) is 0 Å². The molecule has 6 heteroatoms. The summed E-state index contributed by atoms with van der Waals surface area (Å²) in [6.45, 7) is 8.97. The molecule has 5 nitrogen and oxygen atoms in total. The Balaban J connectivity index is 1.48. The summed E-state index contributed by atoms with van der Waals surface area (Å²) < 4.78 is 14.9. The van der Waals surface area contributed by atoms with Crippen molar-refractivity contribution in [2.45, 2.75) is 32.7 Å². The van der Waals surface area contributed by atoms with Gasteiger partial charge in [-0.05, 0) is 91.5 Å². The zero-order chi connectivity index (χ0) is 22.8. The van der Waals surface area contributed by atoms with E-state index in [1.807, 2.05) is 31.2 Å². The van der Waals surface area contributed by atoms with Crippen LogP contribution in [0.1, 0.15) is 36.1 Å². The van der Waals surface area contributed by atoms with Crippen molar-refractivity contribution in [2.24, 2.45) is 0 Å². The fourth-order valence-corrected chi connectivity index (χ4v) is 4.58. The van der Waals surface area contributed by atoms with Gasteiger partial charge in [-0.3, -0.25) is 15.0 Å². The molecule has 2 aromatic heterocycles. The number of aromatic nitrogens is 3. The molecule has 0 unspecified atom stereocenters. The molecule has 4 aromatic rings. The highest BCUT2D eigenvalue weighted by Crippen LogP contribution is 2.32. The third-order valence-corrected chi connectivity index (χ3v) is 6.38. The molecule has 0 saturated carbocycles. The summed E-state index contributed by atoms with van der Waals surface area (Å²) >= 11 is 0. The molecule has 33 heavy (non-hydrogen) atoms. The van der Waals surface area contributed by atoms with Crippen LogP contribution < -0.4 is 5.32 Å². The summed E-state index contributed by atoms with van der Waals surface area (Å²) in [5.74, 6) is -0.158. The van der Waals surface area contributed by atoms with Crippen LogP contribution in [0.25, 0.3) is 27.7 Å². The van der Waals surface area contributed by atoms with Gasteiger partial charge in [-0.2, -0.15) is 5.10 Å². The van der Waals surface area contributed by atoms with Crippen molar-refractivity contribution in [1.29, 1.82) is 0 Å². The zero-order valence-electron chi connectivity index (χ0n) is 18.9. The number of hydrogen-bond donors (Lipinski definition) is 2. The number of fused-ring (bicyclic) bond motifs is 1. The van der Waals surface area contributed by atoms with Crippen LogP contribution in [0.5, 0.6) is 0 Å². The second-order valence-electron chi connectivity index (χ2n) is 8.76. The number of aromatic amines is 1. The number of anilines is 1. The lowest BCUT2D eigenvalue weighted by atomic mass is 9.95. The Morgan fingerprint density at radius 2 is 2.00 bits per heavy atom. The Hall–Kier alpha value is -3.51. The molecule has 5 rings (SSSR count). The SMILES string of the molecule is C=C(Nc1cccnc1)c1n[nH]c2ccc(-c3cc(CN4CCCCC4)cc(F)c3C)cc12. The lowest BCUT2D eigenvalue weighted by Gasteiger charge is -2.26. The standard InChI is InChI=1S/C27H28FN5/c1-18-23(13-20(14-25(18)28)17-33-11-4-3-5-12-33)21-8-9-26-24(15-21)27(32-31-26)19(2)30-22-7-6-10-29-16-22/h6-10,13-16,30H,2-5,11-12,17H2,1H3,(H,31,32). The number of rotatable bonds is 6. The van der Waals surface area contributed by atoms with Gasteiger partial charge in [0, 0.05) is 18.1 Å². The highest BCUT2D eigenvalue weighted by atomic mass is 19.1. The molecule has 1 aliphatic rings. The molecule has 1 fully saturated rings. The predicted molar refractivity (Wildman–Crippen MR) is 132 cm³/mol. The van der Waals surface area contributed by atoms with E-state index >= 15 is 0 Å². The summed E-state index contributed by atoms with van der Waals surface area (Å²) in [4.78, 5) is 6.55. The Bertz CT molecular complexity index is 1290. The van der Waals surface area contributed by atoms with Crippen LogP contribution in [0, 0.1) is 12.7 Å². The minimum Gasteiger partial charge on any atom is -0.353 e. The molecule has 168 valence electrons.